The highest BCUT2D eigenvalue weighted by molar-refractivity contribution is 5.44. The van der Waals surface area contributed by atoms with Gasteiger partial charge in [0.05, 0.1) is 6.07 Å². The normalized spacial score (nSPS) is 22.8. The summed E-state index contributed by atoms with van der Waals surface area (Å²) in [5, 5.41) is 12.5. The quantitative estimate of drug-likeness (QED) is 0.720. The molecule has 0 aliphatic heterocycles. The first-order valence-corrected chi connectivity index (χ1v) is 5.95. The molecule has 0 unspecified atom stereocenters. The molecule has 88 valence electrons. The molecule has 0 fully saturated rings. The van der Waals surface area contributed by atoms with Crippen molar-refractivity contribution in [3.05, 3.63) is 22.4 Å². The van der Waals surface area contributed by atoms with E-state index in [2.05, 4.69) is 39.1 Å². The number of allylic oxidation sites excluding steroid dienone is 4. The average molecular weight is 218 g/mol. The van der Waals surface area contributed by atoms with Gasteiger partial charge in [-0.25, -0.2) is 0 Å². The third kappa shape index (κ3) is 2.66. The lowest BCUT2D eigenvalue weighted by Crippen LogP contribution is -2.27. The van der Waals surface area contributed by atoms with Gasteiger partial charge >= 0.3 is 0 Å². The molecule has 0 heterocycles. The summed E-state index contributed by atoms with van der Waals surface area (Å²) in [5.41, 5.74) is 4.93. The SMILES string of the molecule is CCNC1=C(C)/C(=C(/C)C#N)CC(C)(C)C1. The van der Waals surface area contributed by atoms with E-state index in [1.54, 1.807) is 0 Å². The largest absolute Gasteiger partial charge is 0.388 e. The Bertz CT molecular complexity index is 378. The molecule has 2 nitrogen and oxygen atoms in total. The highest BCUT2D eigenvalue weighted by Gasteiger charge is 2.29. The third-order valence-corrected chi connectivity index (χ3v) is 3.23. The fraction of sp³-hybridized carbons (Fsp3) is 0.643. The van der Waals surface area contributed by atoms with Crippen molar-refractivity contribution in [2.24, 2.45) is 5.41 Å². The van der Waals surface area contributed by atoms with Crippen molar-refractivity contribution in [3.63, 3.8) is 0 Å². The van der Waals surface area contributed by atoms with Crippen LogP contribution in [-0.4, -0.2) is 6.54 Å². The van der Waals surface area contributed by atoms with E-state index in [1.807, 2.05) is 6.92 Å². The maximum Gasteiger partial charge on any atom is 0.0947 e. The molecule has 0 aromatic heterocycles. The molecule has 0 saturated heterocycles. The summed E-state index contributed by atoms with van der Waals surface area (Å²) in [6.07, 6.45) is 2.09. The molecule has 1 N–H and O–H groups in total. The summed E-state index contributed by atoms with van der Waals surface area (Å²) in [6, 6.07) is 2.28. The Balaban J connectivity index is 3.21. The smallest absolute Gasteiger partial charge is 0.0947 e. The van der Waals surface area contributed by atoms with Crippen molar-refractivity contribution >= 4 is 0 Å². The van der Waals surface area contributed by atoms with Gasteiger partial charge in [-0.05, 0) is 50.2 Å². The van der Waals surface area contributed by atoms with Gasteiger partial charge in [-0.3, -0.25) is 0 Å². The fourth-order valence-corrected chi connectivity index (χ4v) is 2.36. The lowest BCUT2D eigenvalue weighted by Gasteiger charge is -2.35. The van der Waals surface area contributed by atoms with E-state index < -0.39 is 0 Å². The van der Waals surface area contributed by atoms with Gasteiger partial charge in [-0.2, -0.15) is 5.26 Å². The van der Waals surface area contributed by atoms with Gasteiger partial charge in [0.15, 0.2) is 0 Å². The minimum atomic E-state index is 0.254. The summed E-state index contributed by atoms with van der Waals surface area (Å²) in [6.45, 7) is 11.6. The maximum absolute atomic E-state index is 9.04. The number of nitrogens with zero attached hydrogens (tertiary/aromatic N) is 1. The topological polar surface area (TPSA) is 35.8 Å². The van der Waals surface area contributed by atoms with Crippen molar-refractivity contribution in [1.29, 1.82) is 5.26 Å². The number of rotatable bonds is 2. The molecule has 0 spiro atoms. The lowest BCUT2D eigenvalue weighted by molar-refractivity contribution is 0.337. The second-order valence-corrected chi connectivity index (χ2v) is 5.37. The van der Waals surface area contributed by atoms with Gasteiger partial charge in [0.25, 0.3) is 0 Å². The van der Waals surface area contributed by atoms with Crippen LogP contribution in [0.15, 0.2) is 22.4 Å². The predicted octanol–water partition coefficient (Wildman–Crippen LogP) is 3.53. The summed E-state index contributed by atoms with van der Waals surface area (Å²) in [4.78, 5) is 0. The van der Waals surface area contributed by atoms with Gasteiger partial charge in [-0.1, -0.05) is 13.8 Å². The molecule has 1 aliphatic rings. The zero-order valence-electron chi connectivity index (χ0n) is 11.1. The molecule has 16 heavy (non-hydrogen) atoms. The Morgan fingerprint density at radius 3 is 2.56 bits per heavy atom. The molecule has 0 aromatic rings. The van der Waals surface area contributed by atoms with E-state index in [9.17, 15) is 0 Å². The van der Waals surface area contributed by atoms with Crippen LogP contribution in [0.4, 0.5) is 0 Å². The summed E-state index contributed by atoms with van der Waals surface area (Å²) in [7, 11) is 0. The van der Waals surface area contributed by atoms with Gasteiger partial charge < -0.3 is 5.32 Å². The first kappa shape index (κ1) is 12.8. The fourth-order valence-electron chi connectivity index (χ4n) is 2.36. The first-order valence-electron chi connectivity index (χ1n) is 5.95. The molecule has 1 rings (SSSR count). The zero-order chi connectivity index (χ0) is 12.3. The Morgan fingerprint density at radius 2 is 2.06 bits per heavy atom. The number of nitrogens with one attached hydrogen (secondary N) is 1. The molecule has 2 heteroatoms. The van der Waals surface area contributed by atoms with Crippen molar-refractivity contribution in [3.8, 4) is 6.07 Å². The van der Waals surface area contributed by atoms with Crippen molar-refractivity contribution in [1.82, 2.24) is 5.32 Å². The van der Waals surface area contributed by atoms with Gasteiger partial charge in [0.1, 0.15) is 0 Å². The van der Waals surface area contributed by atoms with Crippen LogP contribution in [-0.2, 0) is 0 Å². The average Bonchev–Trinajstić information content (AvgIpc) is 2.22. The standard InChI is InChI=1S/C14H22N2/c1-6-16-13-8-14(4,5)7-12(11(13)3)10(2)9-15/h16H,6-8H2,1-5H3/b12-10-. The van der Waals surface area contributed by atoms with E-state index in [4.69, 9.17) is 5.26 Å². The Labute approximate surface area is 99.0 Å². The predicted molar refractivity (Wildman–Crippen MR) is 67.7 cm³/mol. The molecule has 0 amide bonds. The van der Waals surface area contributed by atoms with E-state index in [-0.39, 0.29) is 5.41 Å². The van der Waals surface area contributed by atoms with Crippen LogP contribution in [0.25, 0.3) is 0 Å². The van der Waals surface area contributed by atoms with E-state index in [1.165, 1.54) is 16.8 Å². The van der Waals surface area contributed by atoms with Gasteiger partial charge in [0.2, 0.25) is 0 Å². The van der Waals surface area contributed by atoms with E-state index in [0.29, 0.717) is 0 Å². The number of hydrogen-bond donors (Lipinski definition) is 1. The molecule has 0 radical (unpaired) electrons. The van der Waals surface area contributed by atoms with Crippen molar-refractivity contribution in [2.45, 2.75) is 47.5 Å². The van der Waals surface area contributed by atoms with Crippen LogP contribution in [0, 0.1) is 16.7 Å². The molecule has 0 bridgehead atoms. The third-order valence-electron chi connectivity index (χ3n) is 3.23. The Hall–Kier alpha value is -1.23. The summed E-state index contributed by atoms with van der Waals surface area (Å²) in [5.74, 6) is 0. The minimum absolute atomic E-state index is 0.254. The molecular weight excluding hydrogens is 196 g/mol. The van der Waals surface area contributed by atoms with E-state index >= 15 is 0 Å². The highest BCUT2D eigenvalue weighted by atomic mass is 14.9. The van der Waals surface area contributed by atoms with Gasteiger partial charge in [0, 0.05) is 17.8 Å². The Kier molecular flexibility index (Phi) is 3.80. The van der Waals surface area contributed by atoms with Crippen LogP contribution < -0.4 is 5.32 Å². The first-order chi connectivity index (χ1) is 7.41. The molecule has 0 atom stereocenters. The molecule has 0 saturated carbocycles. The minimum Gasteiger partial charge on any atom is -0.388 e. The second-order valence-electron chi connectivity index (χ2n) is 5.37. The Morgan fingerprint density at radius 1 is 1.44 bits per heavy atom. The van der Waals surface area contributed by atoms with Crippen LogP contribution in [0.1, 0.15) is 47.5 Å². The lowest BCUT2D eigenvalue weighted by atomic mass is 9.73. The monoisotopic (exact) mass is 218 g/mol. The maximum atomic E-state index is 9.04. The van der Waals surface area contributed by atoms with Crippen molar-refractivity contribution < 1.29 is 0 Å². The van der Waals surface area contributed by atoms with Crippen LogP contribution >= 0.6 is 0 Å². The summed E-state index contributed by atoms with van der Waals surface area (Å²) < 4.78 is 0. The second kappa shape index (κ2) is 4.74. The molecular formula is C14H22N2. The number of nitriles is 1. The molecule has 0 aromatic carbocycles. The zero-order valence-corrected chi connectivity index (χ0v) is 11.1. The summed E-state index contributed by atoms with van der Waals surface area (Å²) >= 11 is 0. The number of hydrogen-bond acceptors (Lipinski definition) is 2. The highest BCUT2D eigenvalue weighted by Crippen LogP contribution is 2.41. The van der Waals surface area contributed by atoms with Gasteiger partial charge in [-0.15, -0.1) is 0 Å². The van der Waals surface area contributed by atoms with Crippen LogP contribution in [0.2, 0.25) is 0 Å². The molecule has 1 aliphatic carbocycles. The van der Waals surface area contributed by atoms with Crippen LogP contribution in [0.5, 0.6) is 0 Å². The van der Waals surface area contributed by atoms with Crippen molar-refractivity contribution in [2.75, 3.05) is 6.54 Å². The van der Waals surface area contributed by atoms with E-state index in [0.717, 1.165) is 25.0 Å². The van der Waals surface area contributed by atoms with Crippen LogP contribution in [0.3, 0.4) is 0 Å².